The van der Waals surface area contributed by atoms with Crippen LogP contribution in [0.5, 0.6) is 0 Å². The highest BCUT2D eigenvalue weighted by Crippen LogP contribution is 2.29. The van der Waals surface area contributed by atoms with Crippen LogP contribution in [0, 0.1) is 13.8 Å². The third-order valence-corrected chi connectivity index (χ3v) is 3.47. The standard InChI is InChI=1S/C16H16N2O/c1-10-4-3-5-12-8-14(19-16(10)12)15(17)13-6-7-18-9-11(13)2/h3-9,15H,17H2,1-2H3. The van der Waals surface area contributed by atoms with E-state index >= 15 is 0 Å². The second kappa shape index (κ2) is 4.52. The number of pyridine rings is 1. The van der Waals surface area contributed by atoms with Gasteiger partial charge in [-0.2, -0.15) is 0 Å². The zero-order valence-corrected chi connectivity index (χ0v) is 11.1. The van der Waals surface area contributed by atoms with Crippen LogP contribution >= 0.6 is 0 Å². The smallest absolute Gasteiger partial charge is 0.137 e. The molecule has 1 atom stereocenters. The molecular weight excluding hydrogens is 236 g/mol. The van der Waals surface area contributed by atoms with Gasteiger partial charge in [-0.15, -0.1) is 0 Å². The van der Waals surface area contributed by atoms with E-state index in [0.29, 0.717) is 0 Å². The van der Waals surface area contributed by atoms with Crippen molar-refractivity contribution in [3.63, 3.8) is 0 Å². The molecule has 3 heteroatoms. The molecule has 0 radical (unpaired) electrons. The van der Waals surface area contributed by atoms with Gasteiger partial charge in [0.05, 0.1) is 6.04 Å². The Labute approximate surface area is 112 Å². The van der Waals surface area contributed by atoms with Crippen molar-refractivity contribution in [1.29, 1.82) is 0 Å². The van der Waals surface area contributed by atoms with E-state index in [1.54, 1.807) is 6.20 Å². The maximum absolute atomic E-state index is 6.31. The minimum atomic E-state index is -0.255. The molecule has 0 aliphatic rings. The summed E-state index contributed by atoms with van der Waals surface area (Å²) < 4.78 is 5.92. The average molecular weight is 252 g/mol. The molecule has 0 amide bonds. The fraction of sp³-hybridized carbons (Fsp3) is 0.188. The van der Waals surface area contributed by atoms with Gasteiger partial charge in [0.15, 0.2) is 0 Å². The molecule has 2 N–H and O–H groups in total. The number of benzene rings is 1. The van der Waals surface area contributed by atoms with Crippen molar-refractivity contribution in [3.05, 3.63) is 65.2 Å². The summed E-state index contributed by atoms with van der Waals surface area (Å²) >= 11 is 0. The van der Waals surface area contributed by atoms with Crippen LogP contribution in [0.3, 0.4) is 0 Å². The summed E-state index contributed by atoms with van der Waals surface area (Å²) in [4.78, 5) is 4.09. The maximum atomic E-state index is 6.31. The first kappa shape index (κ1) is 11.9. The summed E-state index contributed by atoms with van der Waals surface area (Å²) in [6.07, 6.45) is 3.58. The van der Waals surface area contributed by atoms with E-state index in [1.165, 1.54) is 0 Å². The normalized spacial score (nSPS) is 12.8. The van der Waals surface area contributed by atoms with Crippen molar-refractivity contribution in [3.8, 4) is 0 Å². The fourth-order valence-electron chi connectivity index (χ4n) is 2.37. The van der Waals surface area contributed by atoms with Crippen LogP contribution in [0.25, 0.3) is 11.0 Å². The van der Waals surface area contributed by atoms with Gasteiger partial charge in [0.1, 0.15) is 11.3 Å². The van der Waals surface area contributed by atoms with E-state index in [1.807, 2.05) is 50.4 Å². The Kier molecular flexibility index (Phi) is 2.84. The van der Waals surface area contributed by atoms with Crippen LogP contribution in [0.15, 0.2) is 47.1 Å². The summed E-state index contributed by atoms with van der Waals surface area (Å²) in [7, 11) is 0. The number of para-hydroxylation sites is 1. The fourth-order valence-corrected chi connectivity index (χ4v) is 2.37. The number of aryl methyl sites for hydroxylation is 2. The minimum Gasteiger partial charge on any atom is -0.459 e. The van der Waals surface area contributed by atoms with Gasteiger partial charge < -0.3 is 10.2 Å². The van der Waals surface area contributed by atoms with E-state index in [4.69, 9.17) is 10.2 Å². The minimum absolute atomic E-state index is 0.255. The summed E-state index contributed by atoms with van der Waals surface area (Å²) in [5, 5.41) is 1.09. The molecule has 3 nitrogen and oxygen atoms in total. The summed E-state index contributed by atoms with van der Waals surface area (Å²) in [5.41, 5.74) is 10.5. The molecule has 0 spiro atoms. The molecule has 1 aromatic carbocycles. The first-order valence-electron chi connectivity index (χ1n) is 6.32. The Hall–Kier alpha value is -2.13. The summed E-state index contributed by atoms with van der Waals surface area (Å²) in [6.45, 7) is 4.05. The summed E-state index contributed by atoms with van der Waals surface area (Å²) in [6, 6.07) is 9.82. The third kappa shape index (κ3) is 2.02. The van der Waals surface area contributed by atoms with Crippen LogP contribution in [0.2, 0.25) is 0 Å². The Morgan fingerprint density at radius 1 is 1.16 bits per heavy atom. The van der Waals surface area contributed by atoms with Gasteiger partial charge in [0.2, 0.25) is 0 Å². The molecule has 0 fully saturated rings. The molecule has 2 heterocycles. The van der Waals surface area contributed by atoms with Crippen molar-refractivity contribution in [1.82, 2.24) is 4.98 Å². The average Bonchev–Trinajstić information content (AvgIpc) is 2.84. The molecule has 0 saturated heterocycles. The number of hydrogen-bond acceptors (Lipinski definition) is 3. The molecule has 1 unspecified atom stereocenters. The van der Waals surface area contributed by atoms with Crippen molar-refractivity contribution < 1.29 is 4.42 Å². The Morgan fingerprint density at radius 3 is 2.74 bits per heavy atom. The lowest BCUT2D eigenvalue weighted by atomic mass is 10.0. The topological polar surface area (TPSA) is 52.0 Å². The SMILES string of the molecule is Cc1cnccc1C(N)c1cc2cccc(C)c2o1. The number of aromatic nitrogens is 1. The van der Waals surface area contributed by atoms with Crippen LogP contribution in [0.4, 0.5) is 0 Å². The quantitative estimate of drug-likeness (QED) is 0.759. The van der Waals surface area contributed by atoms with Gasteiger partial charge >= 0.3 is 0 Å². The van der Waals surface area contributed by atoms with Gasteiger partial charge in [-0.3, -0.25) is 4.98 Å². The molecule has 3 aromatic rings. The number of furan rings is 1. The van der Waals surface area contributed by atoms with Crippen LogP contribution in [-0.4, -0.2) is 4.98 Å². The highest BCUT2D eigenvalue weighted by Gasteiger charge is 2.16. The molecular formula is C16H16N2O. The zero-order chi connectivity index (χ0) is 13.4. The molecule has 3 rings (SSSR count). The number of nitrogens with two attached hydrogens (primary N) is 1. The van der Waals surface area contributed by atoms with Crippen molar-refractivity contribution in [2.24, 2.45) is 5.73 Å². The second-order valence-corrected chi connectivity index (χ2v) is 4.85. The highest BCUT2D eigenvalue weighted by atomic mass is 16.3. The Bertz CT molecular complexity index is 730. The zero-order valence-electron chi connectivity index (χ0n) is 11.1. The maximum Gasteiger partial charge on any atom is 0.137 e. The lowest BCUT2D eigenvalue weighted by molar-refractivity contribution is 0.522. The predicted octanol–water partition coefficient (Wildman–Crippen LogP) is 3.49. The van der Waals surface area contributed by atoms with E-state index in [9.17, 15) is 0 Å². The number of hydrogen-bond donors (Lipinski definition) is 1. The van der Waals surface area contributed by atoms with Gasteiger partial charge in [-0.25, -0.2) is 0 Å². The predicted molar refractivity (Wildman–Crippen MR) is 76.0 cm³/mol. The van der Waals surface area contributed by atoms with Crippen molar-refractivity contribution in [2.75, 3.05) is 0 Å². The Balaban J connectivity index is 2.10. The second-order valence-electron chi connectivity index (χ2n) is 4.85. The molecule has 0 saturated carbocycles. The highest BCUT2D eigenvalue weighted by molar-refractivity contribution is 5.81. The molecule has 2 aromatic heterocycles. The lowest BCUT2D eigenvalue weighted by Gasteiger charge is -2.11. The molecule has 0 bridgehead atoms. The monoisotopic (exact) mass is 252 g/mol. The first-order valence-corrected chi connectivity index (χ1v) is 6.32. The van der Waals surface area contributed by atoms with Crippen LogP contribution in [0.1, 0.15) is 28.5 Å². The van der Waals surface area contributed by atoms with Gasteiger partial charge in [-0.05, 0) is 42.7 Å². The van der Waals surface area contributed by atoms with E-state index in [-0.39, 0.29) is 6.04 Å². The number of fused-ring (bicyclic) bond motifs is 1. The first-order chi connectivity index (χ1) is 9.16. The van der Waals surface area contributed by atoms with E-state index in [2.05, 4.69) is 4.98 Å². The summed E-state index contributed by atoms with van der Waals surface area (Å²) in [5.74, 6) is 0.790. The van der Waals surface area contributed by atoms with Crippen molar-refractivity contribution in [2.45, 2.75) is 19.9 Å². The van der Waals surface area contributed by atoms with E-state index in [0.717, 1.165) is 33.4 Å². The van der Waals surface area contributed by atoms with Gasteiger partial charge in [0, 0.05) is 17.8 Å². The van der Waals surface area contributed by atoms with Crippen LogP contribution in [-0.2, 0) is 0 Å². The lowest BCUT2D eigenvalue weighted by Crippen LogP contribution is -2.12. The van der Waals surface area contributed by atoms with Crippen LogP contribution < -0.4 is 5.73 Å². The molecule has 0 aliphatic carbocycles. The molecule has 96 valence electrons. The third-order valence-electron chi connectivity index (χ3n) is 3.47. The molecule has 0 aliphatic heterocycles. The largest absolute Gasteiger partial charge is 0.459 e. The van der Waals surface area contributed by atoms with Gasteiger partial charge in [-0.1, -0.05) is 18.2 Å². The van der Waals surface area contributed by atoms with E-state index < -0.39 is 0 Å². The number of nitrogens with zero attached hydrogens (tertiary/aromatic N) is 1. The van der Waals surface area contributed by atoms with Gasteiger partial charge in [0.25, 0.3) is 0 Å². The van der Waals surface area contributed by atoms with Crippen molar-refractivity contribution >= 4 is 11.0 Å². The molecule has 19 heavy (non-hydrogen) atoms. The Morgan fingerprint density at radius 2 is 2.00 bits per heavy atom. The number of rotatable bonds is 2.